The van der Waals surface area contributed by atoms with Crippen molar-refractivity contribution in [2.24, 2.45) is 0 Å². The Hall–Kier alpha value is -1.95. The Labute approximate surface area is 92.8 Å². The summed E-state index contributed by atoms with van der Waals surface area (Å²) in [5.41, 5.74) is 0.214. The highest BCUT2D eigenvalue weighted by Crippen LogP contribution is 2.12. The molecule has 0 atom stereocenters. The van der Waals surface area contributed by atoms with Gasteiger partial charge in [0.15, 0.2) is 0 Å². The van der Waals surface area contributed by atoms with Crippen LogP contribution in [-0.2, 0) is 0 Å². The Balaban J connectivity index is 2.68. The number of carbonyl (C=O) groups excluding carboxylic acids is 1. The van der Waals surface area contributed by atoms with Crippen molar-refractivity contribution in [3.05, 3.63) is 39.9 Å². The Morgan fingerprint density at radius 2 is 2.19 bits per heavy atom. The van der Waals surface area contributed by atoms with Crippen LogP contribution in [0.5, 0.6) is 0 Å². The molecule has 86 valence electrons. The molecule has 1 aromatic carbocycles. The van der Waals surface area contributed by atoms with Gasteiger partial charge in [-0.15, -0.1) is 0 Å². The fourth-order valence-electron chi connectivity index (χ4n) is 1.16. The molecule has 0 radical (unpaired) electrons. The Morgan fingerprint density at radius 3 is 2.81 bits per heavy atom. The van der Waals surface area contributed by atoms with E-state index in [0.717, 1.165) is 0 Å². The molecule has 0 fully saturated rings. The van der Waals surface area contributed by atoms with E-state index in [1.165, 1.54) is 18.2 Å². The fourth-order valence-corrected chi connectivity index (χ4v) is 1.16. The highest BCUT2D eigenvalue weighted by molar-refractivity contribution is 5.94. The van der Waals surface area contributed by atoms with Gasteiger partial charge < -0.3 is 10.6 Å². The number of nitrogens with zero attached hydrogens (tertiary/aromatic N) is 1. The molecule has 0 bridgehead atoms. The SMILES string of the molecule is CNCCNC(=O)c1cccc([N+](=O)[O-])c1. The number of hydrogen-bond donors (Lipinski definition) is 2. The first-order valence-corrected chi connectivity index (χ1v) is 4.82. The second-order valence-electron chi connectivity index (χ2n) is 3.17. The van der Waals surface area contributed by atoms with Gasteiger partial charge in [-0.2, -0.15) is 0 Å². The van der Waals surface area contributed by atoms with Crippen molar-refractivity contribution < 1.29 is 9.72 Å². The van der Waals surface area contributed by atoms with E-state index >= 15 is 0 Å². The van der Waals surface area contributed by atoms with E-state index in [9.17, 15) is 14.9 Å². The Morgan fingerprint density at radius 1 is 1.44 bits per heavy atom. The molecule has 1 aromatic rings. The topological polar surface area (TPSA) is 84.3 Å². The fraction of sp³-hybridized carbons (Fsp3) is 0.300. The third-order valence-corrected chi connectivity index (χ3v) is 1.98. The van der Waals surface area contributed by atoms with Crippen LogP contribution < -0.4 is 10.6 Å². The summed E-state index contributed by atoms with van der Waals surface area (Å²) in [4.78, 5) is 21.5. The summed E-state index contributed by atoms with van der Waals surface area (Å²) in [6.07, 6.45) is 0. The third kappa shape index (κ3) is 3.32. The summed E-state index contributed by atoms with van der Waals surface area (Å²) in [6, 6.07) is 5.64. The lowest BCUT2D eigenvalue weighted by molar-refractivity contribution is -0.384. The second-order valence-corrected chi connectivity index (χ2v) is 3.17. The largest absolute Gasteiger partial charge is 0.351 e. The van der Waals surface area contributed by atoms with E-state index in [1.807, 2.05) is 0 Å². The predicted molar refractivity (Wildman–Crippen MR) is 59.4 cm³/mol. The van der Waals surface area contributed by atoms with E-state index in [1.54, 1.807) is 13.1 Å². The number of hydrogen-bond acceptors (Lipinski definition) is 4. The lowest BCUT2D eigenvalue weighted by Gasteiger charge is -2.04. The molecule has 0 aliphatic heterocycles. The molecule has 0 aliphatic rings. The molecule has 0 aliphatic carbocycles. The van der Waals surface area contributed by atoms with Crippen LogP contribution >= 0.6 is 0 Å². The molecule has 1 amide bonds. The van der Waals surface area contributed by atoms with E-state index in [-0.39, 0.29) is 11.6 Å². The van der Waals surface area contributed by atoms with Crippen molar-refractivity contribution in [3.63, 3.8) is 0 Å². The van der Waals surface area contributed by atoms with Gasteiger partial charge in [-0.25, -0.2) is 0 Å². The molecular weight excluding hydrogens is 210 g/mol. The highest BCUT2D eigenvalue weighted by Gasteiger charge is 2.10. The zero-order valence-corrected chi connectivity index (χ0v) is 8.90. The number of nitro groups is 1. The molecule has 1 rings (SSSR count). The van der Waals surface area contributed by atoms with Gasteiger partial charge in [-0.1, -0.05) is 6.07 Å². The minimum atomic E-state index is -0.523. The maximum atomic E-state index is 11.5. The molecule has 0 saturated carbocycles. The lowest BCUT2D eigenvalue weighted by atomic mass is 10.2. The first-order valence-electron chi connectivity index (χ1n) is 4.82. The van der Waals surface area contributed by atoms with Gasteiger partial charge in [0, 0.05) is 30.8 Å². The zero-order valence-electron chi connectivity index (χ0n) is 8.90. The minimum absolute atomic E-state index is 0.0822. The van der Waals surface area contributed by atoms with Gasteiger partial charge >= 0.3 is 0 Å². The van der Waals surface area contributed by atoms with Crippen LogP contribution in [0, 0.1) is 10.1 Å². The summed E-state index contributed by atoms with van der Waals surface area (Å²) in [5.74, 6) is -0.307. The average molecular weight is 223 g/mol. The quantitative estimate of drug-likeness (QED) is 0.433. The molecule has 6 nitrogen and oxygen atoms in total. The van der Waals surface area contributed by atoms with Crippen LogP contribution in [0.15, 0.2) is 24.3 Å². The molecule has 16 heavy (non-hydrogen) atoms. The van der Waals surface area contributed by atoms with Gasteiger partial charge in [0.25, 0.3) is 11.6 Å². The van der Waals surface area contributed by atoms with E-state index < -0.39 is 4.92 Å². The smallest absolute Gasteiger partial charge is 0.270 e. The minimum Gasteiger partial charge on any atom is -0.351 e. The van der Waals surface area contributed by atoms with Crippen LogP contribution in [-0.4, -0.2) is 31.0 Å². The average Bonchev–Trinajstić information content (AvgIpc) is 2.29. The number of amides is 1. The first kappa shape index (κ1) is 12.1. The van der Waals surface area contributed by atoms with Gasteiger partial charge in [-0.05, 0) is 13.1 Å². The highest BCUT2D eigenvalue weighted by atomic mass is 16.6. The first-order chi connectivity index (χ1) is 7.65. The van der Waals surface area contributed by atoms with Crippen molar-refractivity contribution in [2.45, 2.75) is 0 Å². The van der Waals surface area contributed by atoms with Crippen molar-refractivity contribution in [1.29, 1.82) is 0 Å². The van der Waals surface area contributed by atoms with Gasteiger partial charge in [0.05, 0.1) is 4.92 Å². The van der Waals surface area contributed by atoms with Gasteiger partial charge in [0.1, 0.15) is 0 Å². The second kappa shape index (κ2) is 5.82. The third-order valence-electron chi connectivity index (χ3n) is 1.98. The lowest BCUT2D eigenvalue weighted by Crippen LogP contribution is -2.30. The number of nitro benzene ring substituents is 1. The number of benzene rings is 1. The maximum Gasteiger partial charge on any atom is 0.270 e. The van der Waals surface area contributed by atoms with Gasteiger partial charge in [0.2, 0.25) is 0 Å². The molecule has 0 unspecified atom stereocenters. The monoisotopic (exact) mass is 223 g/mol. The maximum absolute atomic E-state index is 11.5. The number of carbonyl (C=O) groups is 1. The van der Waals surface area contributed by atoms with Crippen molar-refractivity contribution >= 4 is 11.6 Å². The van der Waals surface area contributed by atoms with Crippen LogP contribution in [0.3, 0.4) is 0 Å². The molecule has 0 saturated heterocycles. The molecule has 0 heterocycles. The van der Waals surface area contributed by atoms with E-state index in [0.29, 0.717) is 18.7 Å². The zero-order chi connectivity index (χ0) is 12.0. The summed E-state index contributed by atoms with van der Waals surface area (Å²) >= 11 is 0. The molecule has 0 aromatic heterocycles. The van der Waals surface area contributed by atoms with E-state index in [2.05, 4.69) is 10.6 Å². The van der Waals surface area contributed by atoms with Crippen molar-refractivity contribution in [1.82, 2.24) is 10.6 Å². The summed E-state index contributed by atoms with van der Waals surface area (Å²) in [7, 11) is 1.78. The van der Waals surface area contributed by atoms with Crippen LogP contribution in [0.25, 0.3) is 0 Å². The van der Waals surface area contributed by atoms with Gasteiger partial charge in [-0.3, -0.25) is 14.9 Å². The van der Waals surface area contributed by atoms with Crippen LogP contribution in [0.4, 0.5) is 5.69 Å². The van der Waals surface area contributed by atoms with Crippen LogP contribution in [0.2, 0.25) is 0 Å². The molecule has 2 N–H and O–H groups in total. The predicted octanol–water partition coefficient (Wildman–Crippen LogP) is 0.544. The Bertz CT molecular complexity index is 393. The molecule has 0 spiro atoms. The summed E-state index contributed by atoms with van der Waals surface area (Å²) in [5, 5.41) is 16.0. The summed E-state index contributed by atoms with van der Waals surface area (Å²) < 4.78 is 0. The number of likely N-dealkylation sites (N-methyl/N-ethyl adjacent to an activating group) is 1. The number of nitrogens with one attached hydrogen (secondary N) is 2. The number of non-ortho nitro benzene ring substituents is 1. The van der Waals surface area contributed by atoms with Crippen LogP contribution in [0.1, 0.15) is 10.4 Å². The Kier molecular flexibility index (Phi) is 4.41. The normalized spacial score (nSPS) is 9.81. The standard InChI is InChI=1S/C10H13N3O3/c1-11-5-6-12-10(14)8-3-2-4-9(7-8)13(15)16/h2-4,7,11H,5-6H2,1H3,(H,12,14). The molecular formula is C10H13N3O3. The van der Waals surface area contributed by atoms with Crippen molar-refractivity contribution in [3.8, 4) is 0 Å². The van der Waals surface area contributed by atoms with Crippen molar-refractivity contribution in [2.75, 3.05) is 20.1 Å². The summed E-state index contributed by atoms with van der Waals surface area (Å²) in [6.45, 7) is 1.14. The van der Waals surface area contributed by atoms with E-state index in [4.69, 9.17) is 0 Å². The molecule has 6 heteroatoms. The number of rotatable bonds is 5.